The number of aromatic nitrogens is 2. The average Bonchev–Trinajstić information content (AvgIpc) is 2.88. The summed E-state index contributed by atoms with van der Waals surface area (Å²) in [4.78, 5) is 48.8. The zero-order valence-electron chi connectivity index (χ0n) is 21.1. The van der Waals surface area contributed by atoms with Crippen LogP contribution in [0.4, 0.5) is 4.39 Å². The number of hydrogen-bond donors (Lipinski definition) is 0. The highest BCUT2D eigenvalue weighted by Gasteiger charge is 2.14. The lowest BCUT2D eigenvalue weighted by Crippen LogP contribution is -2.42. The molecule has 3 rings (SSSR count). The number of halogens is 1. The van der Waals surface area contributed by atoms with Crippen molar-refractivity contribution in [2.24, 2.45) is 0 Å². The highest BCUT2D eigenvalue weighted by molar-refractivity contribution is 5.69. The molecular formula is C28H31FN2O6. The first-order valence-corrected chi connectivity index (χ1v) is 12.1. The largest absolute Gasteiger partial charge is 0.444 e. The van der Waals surface area contributed by atoms with E-state index in [4.69, 9.17) is 9.47 Å². The molecule has 1 aromatic heterocycles. The first kappa shape index (κ1) is 27.6. The summed E-state index contributed by atoms with van der Waals surface area (Å²) < 4.78 is 25.4. The van der Waals surface area contributed by atoms with Gasteiger partial charge in [-0.2, -0.15) is 4.39 Å². The molecule has 1 heterocycles. The molecule has 2 aromatic carbocycles. The Morgan fingerprint density at radius 1 is 0.757 bits per heavy atom. The minimum atomic E-state index is -1.23. The van der Waals surface area contributed by atoms with Gasteiger partial charge in [-0.25, -0.2) is 9.36 Å². The number of esters is 2. The average molecular weight is 511 g/mol. The van der Waals surface area contributed by atoms with E-state index in [1.54, 1.807) is 0 Å². The molecule has 196 valence electrons. The Hall–Kier alpha value is -4.01. The summed E-state index contributed by atoms with van der Waals surface area (Å²) in [5, 5.41) is 0. The molecule has 0 atom stereocenters. The van der Waals surface area contributed by atoms with Crippen LogP contribution >= 0.6 is 0 Å². The van der Waals surface area contributed by atoms with Crippen molar-refractivity contribution in [3.05, 3.63) is 104 Å². The summed E-state index contributed by atoms with van der Waals surface area (Å²) in [5.74, 6) is -2.41. The number of nitrogens with zero attached hydrogens (tertiary/aromatic N) is 2. The quantitative estimate of drug-likeness (QED) is 0.344. The lowest BCUT2D eigenvalue weighted by Gasteiger charge is -2.12. The van der Waals surface area contributed by atoms with Crippen LogP contribution in [0.25, 0.3) is 0 Å². The predicted octanol–water partition coefficient (Wildman–Crippen LogP) is 3.81. The van der Waals surface area contributed by atoms with Gasteiger partial charge in [0.15, 0.2) is 13.5 Å². The molecular weight excluding hydrogens is 479 g/mol. The van der Waals surface area contributed by atoms with E-state index in [0.717, 1.165) is 26.8 Å². The SMILES string of the molecule is Cc1ccc(CCCC(=O)OCn2cc(F)c(=O)n(COC(=O)CCCc3ccc(C)cc3)c2=O)cc1. The topological polar surface area (TPSA) is 96.6 Å². The number of aryl methyl sites for hydroxylation is 4. The smallest absolute Gasteiger partial charge is 0.336 e. The third-order valence-corrected chi connectivity index (χ3v) is 5.85. The number of hydrogen-bond acceptors (Lipinski definition) is 6. The molecule has 0 saturated carbocycles. The van der Waals surface area contributed by atoms with Gasteiger partial charge in [0.25, 0.3) is 5.56 Å². The van der Waals surface area contributed by atoms with E-state index in [1.165, 1.54) is 0 Å². The Morgan fingerprint density at radius 2 is 1.22 bits per heavy atom. The third kappa shape index (κ3) is 8.56. The molecule has 0 aliphatic rings. The van der Waals surface area contributed by atoms with Gasteiger partial charge in [-0.05, 0) is 50.7 Å². The highest BCUT2D eigenvalue weighted by Crippen LogP contribution is 2.09. The second kappa shape index (κ2) is 13.3. The molecule has 0 unspecified atom stereocenters. The van der Waals surface area contributed by atoms with Crippen LogP contribution in [0.2, 0.25) is 0 Å². The van der Waals surface area contributed by atoms with Gasteiger partial charge in [0.1, 0.15) is 0 Å². The molecule has 0 saturated heterocycles. The summed E-state index contributed by atoms with van der Waals surface area (Å²) in [5.41, 5.74) is 2.28. The van der Waals surface area contributed by atoms with Crippen molar-refractivity contribution >= 4 is 11.9 Å². The monoisotopic (exact) mass is 510 g/mol. The van der Waals surface area contributed by atoms with Crippen LogP contribution in [-0.4, -0.2) is 21.1 Å². The van der Waals surface area contributed by atoms with Crippen molar-refractivity contribution in [1.29, 1.82) is 0 Å². The Labute approximate surface area is 214 Å². The number of ether oxygens (including phenoxy) is 2. The van der Waals surface area contributed by atoms with Crippen LogP contribution in [0.15, 0.2) is 64.3 Å². The van der Waals surface area contributed by atoms with E-state index in [9.17, 15) is 23.6 Å². The molecule has 0 spiro atoms. The van der Waals surface area contributed by atoms with Crippen LogP contribution < -0.4 is 11.2 Å². The fourth-order valence-corrected chi connectivity index (χ4v) is 3.63. The van der Waals surface area contributed by atoms with Gasteiger partial charge in [-0.1, -0.05) is 59.7 Å². The molecule has 0 radical (unpaired) electrons. The third-order valence-electron chi connectivity index (χ3n) is 5.85. The maximum absolute atomic E-state index is 14.1. The van der Waals surface area contributed by atoms with Crippen molar-refractivity contribution in [3.63, 3.8) is 0 Å². The van der Waals surface area contributed by atoms with E-state index in [2.05, 4.69) is 0 Å². The number of carbonyl (C=O) groups excluding carboxylic acids is 2. The lowest BCUT2D eigenvalue weighted by molar-refractivity contribution is -0.147. The zero-order valence-corrected chi connectivity index (χ0v) is 21.1. The Morgan fingerprint density at radius 3 is 1.70 bits per heavy atom. The van der Waals surface area contributed by atoms with Crippen LogP contribution in [0.1, 0.15) is 47.9 Å². The summed E-state index contributed by atoms with van der Waals surface area (Å²) in [6.45, 7) is 2.68. The highest BCUT2D eigenvalue weighted by atomic mass is 19.1. The van der Waals surface area contributed by atoms with E-state index < -0.39 is 42.5 Å². The maximum Gasteiger partial charge on any atom is 0.336 e. The van der Waals surface area contributed by atoms with Crippen LogP contribution in [0.5, 0.6) is 0 Å². The van der Waals surface area contributed by atoms with Gasteiger partial charge in [0.05, 0.1) is 6.20 Å². The maximum atomic E-state index is 14.1. The molecule has 9 heteroatoms. The number of carbonyl (C=O) groups is 2. The first-order valence-electron chi connectivity index (χ1n) is 12.1. The van der Waals surface area contributed by atoms with Gasteiger partial charge >= 0.3 is 17.6 Å². The second-order valence-electron chi connectivity index (χ2n) is 8.93. The van der Waals surface area contributed by atoms with E-state index in [1.807, 2.05) is 62.4 Å². The second-order valence-corrected chi connectivity index (χ2v) is 8.93. The minimum Gasteiger partial charge on any atom is -0.444 e. The zero-order chi connectivity index (χ0) is 26.8. The van der Waals surface area contributed by atoms with Gasteiger partial charge in [0, 0.05) is 12.8 Å². The number of benzene rings is 2. The predicted molar refractivity (Wildman–Crippen MR) is 135 cm³/mol. The molecule has 0 amide bonds. The van der Waals surface area contributed by atoms with Crippen molar-refractivity contribution in [1.82, 2.24) is 9.13 Å². The van der Waals surface area contributed by atoms with Crippen molar-refractivity contribution in [2.75, 3.05) is 0 Å². The van der Waals surface area contributed by atoms with Crippen molar-refractivity contribution in [2.45, 2.75) is 65.8 Å². The Balaban J connectivity index is 1.48. The van der Waals surface area contributed by atoms with Crippen LogP contribution in [0.3, 0.4) is 0 Å². The Kier molecular flexibility index (Phi) is 9.94. The van der Waals surface area contributed by atoms with Gasteiger partial charge in [0.2, 0.25) is 5.82 Å². The van der Waals surface area contributed by atoms with E-state index in [0.29, 0.717) is 36.4 Å². The lowest BCUT2D eigenvalue weighted by atomic mass is 10.1. The van der Waals surface area contributed by atoms with Crippen molar-refractivity contribution in [3.8, 4) is 0 Å². The molecule has 8 nitrogen and oxygen atoms in total. The molecule has 0 aliphatic heterocycles. The van der Waals surface area contributed by atoms with Crippen molar-refractivity contribution < 1.29 is 23.5 Å². The molecule has 0 fully saturated rings. The summed E-state index contributed by atoms with van der Waals surface area (Å²) in [7, 11) is 0. The van der Waals surface area contributed by atoms with Gasteiger partial charge < -0.3 is 9.47 Å². The molecule has 0 N–H and O–H groups in total. The summed E-state index contributed by atoms with van der Waals surface area (Å²) in [6.07, 6.45) is 3.28. The Bertz CT molecular complexity index is 1330. The fraction of sp³-hybridized carbons (Fsp3) is 0.357. The van der Waals surface area contributed by atoms with Crippen LogP contribution in [0, 0.1) is 19.7 Å². The molecule has 37 heavy (non-hydrogen) atoms. The fourth-order valence-electron chi connectivity index (χ4n) is 3.63. The minimum absolute atomic E-state index is 0.0757. The molecule has 3 aromatic rings. The number of rotatable bonds is 12. The van der Waals surface area contributed by atoms with Crippen LogP contribution in [-0.2, 0) is 45.4 Å². The normalized spacial score (nSPS) is 10.8. The van der Waals surface area contributed by atoms with E-state index in [-0.39, 0.29) is 12.8 Å². The summed E-state index contributed by atoms with van der Waals surface area (Å²) >= 11 is 0. The van der Waals surface area contributed by atoms with Gasteiger partial charge in [-0.15, -0.1) is 0 Å². The summed E-state index contributed by atoms with van der Waals surface area (Å²) in [6, 6.07) is 15.9. The first-order chi connectivity index (χ1) is 17.7. The van der Waals surface area contributed by atoms with E-state index >= 15 is 0 Å². The standard InChI is InChI=1S/C28H31FN2O6/c1-20-9-13-22(14-10-20)5-3-7-25(32)36-18-30-17-24(29)27(34)31(28(30)35)19-37-26(33)8-4-6-23-15-11-21(2)12-16-23/h9-17H,3-8,18-19H2,1-2H3. The van der Waals surface area contributed by atoms with Gasteiger partial charge in [-0.3, -0.25) is 19.0 Å². The molecule has 0 aliphatic carbocycles. The molecule has 0 bridgehead atoms.